The molecule has 1 aromatic heterocycles. The first-order valence-electron chi connectivity index (χ1n) is 7.91. The van der Waals surface area contributed by atoms with E-state index < -0.39 is 0 Å². The molecular weight excluding hydrogens is 288 g/mol. The lowest BCUT2D eigenvalue weighted by atomic mass is 10.1. The van der Waals surface area contributed by atoms with E-state index >= 15 is 0 Å². The van der Waals surface area contributed by atoms with E-state index in [0.717, 1.165) is 17.8 Å². The van der Waals surface area contributed by atoms with Crippen molar-refractivity contribution >= 4 is 17.5 Å². The molecule has 1 aromatic carbocycles. The maximum Gasteiger partial charge on any atom is 0.270 e. The topological polar surface area (TPSA) is 66.9 Å². The fourth-order valence-corrected chi connectivity index (χ4v) is 2.07. The van der Waals surface area contributed by atoms with Crippen molar-refractivity contribution in [3.05, 3.63) is 47.3 Å². The number of carbonyl (C=O) groups excluding carboxylic acids is 1. The molecule has 2 N–H and O–H groups in total. The van der Waals surface area contributed by atoms with Gasteiger partial charge in [0.05, 0.1) is 0 Å². The molecule has 0 radical (unpaired) electrons. The summed E-state index contributed by atoms with van der Waals surface area (Å²) in [6.45, 7) is 8.80. The van der Waals surface area contributed by atoms with Crippen LogP contribution in [0.5, 0.6) is 0 Å². The SMILES string of the molecule is Cc1ccc(Nc2nc(C)cc(C(=O)NCCC(C)C)n2)cc1. The number of hydrogen-bond donors (Lipinski definition) is 2. The first kappa shape index (κ1) is 16.9. The highest BCUT2D eigenvalue weighted by molar-refractivity contribution is 5.92. The van der Waals surface area contributed by atoms with E-state index in [1.54, 1.807) is 6.07 Å². The molecule has 5 nitrogen and oxygen atoms in total. The van der Waals surface area contributed by atoms with E-state index in [9.17, 15) is 4.79 Å². The zero-order valence-electron chi connectivity index (χ0n) is 14.2. The van der Waals surface area contributed by atoms with Gasteiger partial charge in [-0.15, -0.1) is 0 Å². The van der Waals surface area contributed by atoms with Gasteiger partial charge in [-0.1, -0.05) is 31.5 Å². The second-order valence-electron chi connectivity index (χ2n) is 6.15. The number of rotatable bonds is 6. The predicted octanol–water partition coefficient (Wildman–Crippen LogP) is 3.61. The van der Waals surface area contributed by atoms with Crippen molar-refractivity contribution in [2.45, 2.75) is 34.1 Å². The second-order valence-corrected chi connectivity index (χ2v) is 6.15. The lowest BCUT2D eigenvalue weighted by molar-refractivity contribution is 0.0947. The number of benzene rings is 1. The molecule has 0 unspecified atom stereocenters. The minimum atomic E-state index is -0.164. The molecule has 0 saturated heterocycles. The van der Waals surface area contributed by atoms with E-state index in [1.165, 1.54) is 5.56 Å². The van der Waals surface area contributed by atoms with Crippen LogP contribution in [-0.2, 0) is 0 Å². The van der Waals surface area contributed by atoms with Crippen LogP contribution in [-0.4, -0.2) is 22.4 Å². The summed E-state index contributed by atoms with van der Waals surface area (Å²) in [6.07, 6.45) is 0.949. The van der Waals surface area contributed by atoms with Crippen LogP contribution in [0.15, 0.2) is 30.3 Å². The number of amides is 1. The van der Waals surface area contributed by atoms with Gasteiger partial charge in [0.2, 0.25) is 5.95 Å². The molecule has 0 atom stereocenters. The molecule has 0 aliphatic heterocycles. The van der Waals surface area contributed by atoms with E-state index in [4.69, 9.17) is 0 Å². The third-order valence-electron chi connectivity index (χ3n) is 3.40. The molecule has 0 spiro atoms. The van der Waals surface area contributed by atoms with E-state index in [2.05, 4.69) is 34.4 Å². The van der Waals surface area contributed by atoms with Crippen LogP contribution in [0.25, 0.3) is 0 Å². The largest absolute Gasteiger partial charge is 0.351 e. The fraction of sp³-hybridized carbons (Fsp3) is 0.389. The summed E-state index contributed by atoms with van der Waals surface area (Å²) in [5, 5.41) is 6.04. The summed E-state index contributed by atoms with van der Waals surface area (Å²) < 4.78 is 0. The summed E-state index contributed by atoms with van der Waals surface area (Å²) >= 11 is 0. The van der Waals surface area contributed by atoms with Gasteiger partial charge in [0.25, 0.3) is 5.91 Å². The number of nitrogens with one attached hydrogen (secondary N) is 2. The van der Waals surface area contributed by atoms with Crippen molar-refractivity contribution in [3.8, 4) is 0 Å². The highest BCUT2D eigenvalue weighted by atomic mass is 16.1. The number of aryl methyl sites for hydroxylation is 2. The lowest BCUT2D eigenvalue weighted by Gasteiger charge is -2.10. The van der Waals surface area contributed by atoms with Crippen molar-refractivity contribution in [1.29, 1.82) is 0 Å². The van der Waals surface area contributed by atoms with Crippen LogP contribution in [0.2, 0.25) is 0 Å². The lowest BCUT2D eigenvalue weighted by Crippen LogP contribution is -2.26. The van der Waals surface area contributed by atoms with Gasteiger partial charge in [0.1, 0.15) is 5.69 Å². The first-order valence-corrected chi connectivity index (χ1v) is 7.91. The monoisotopic (exact) mass is 312 g/mol. The second kappa shape index (κ2) is 7.72. The first-order chi connectivity index (χ1) is 10.9. The van der Waals surface area contributed by atoms with Crippen molar-refractivity contribution in [2.24, 2.45) is 5.92 Å². The Labute approximate surface area is 137 Å². The van der Waals surface area contributed by atoms with Crippen LogP contribution in [0, 0.1) is 19.8 Å². The molecule has 0 aliphatic carbocycles. The van der Waals surface area contributed by atoms with Crippen LogP contribution in [0.3, 0.4) is 0 Å². The van der Waals surface area contributed by atoms with Crippen LogP contribution >= 0.6 is 0 Å². The van der Waals surface area contributed by atoms with E-state index in [-0.39, 0.29) is 5.91 Å². The smallest absolute Gasteiger partial charge is 0.270 e. The molecule has 2 aromatic rings. The average molecular weight is 312 g/mol. The van der Waals surface area contributed by atoms with E-state index in [0.29, 0.717) is 24.1 Å². The highest BCUT2D eigenvalue weighted by Crippen LogP contribution is 2.14. The van der Waals surface area contributed by atoms with Gasteiger partial charge >= 0.3 is 0 Å². The van der Waals surface area contributed by atoms with Gasteiger partial charge in [0.15, 0.2) is 0 Å². The van der Waals surface area contributed by atoms with Crippen molar-refractivity contribution in [1.82, 2.24) is 15.3 Å². The highest BCUT2D eigenvalue weighted by Gasteiger charge is 2.10. The Morgan fingerprint density at radius 2 is 1.83 bits per heavy atom. The minimum absolute atomic E-state index is 0.164. The molecule has 0 fully saturated rings. The number of carbonyl (C=O) groups is 1. The predicted molar refractivity (Wildman–Crippen MR) is 93.0 cm³/mol. The zero-order valence-corrected chi connectivity index (χ0v) is 14.2. The molecule has 122 valence electrons. The quantitative estimate of drug-likeness (QED) is 0.855. The molecule has 0 bridgehead atoms. The van der Waals surface area contributed by atoms with Crippen molar-refractivity contribution in [2.75, 3.05) is 11.9 Å². The Morgan fingerprint density at radius 3 is 2.48 bits per heavy atom. The third-order valence-corrected chi connectivity index (χ3v) is 3.40. The van der Waals surface area contributed by atoms with Gasteiger partial charge < -0.3 is 10.6 Å². The minimum Gasteiger partial charge on any atom is -0.351 e. The van der Waals surface area contributed by atoms with Crippen LogP contribution < -0.4 is 10.6 Å². The summed E-state index contributed by atoms with van der Waals surface area (Å²) in [6, 6.07) is 9.65. The number of aromatic nitrogens is 2. The van der Waals surface area contributed by atoms with Crippen molar-refractivity contribution in [3.63, 3.8) is 0 Å². The van der Waals surface area contributed by atoms with Crippen LogP contribution in [0.4, 0.5) is 11.6 Å². The zero-order chi connectivity index (χ0) is 16.8. The molecule has 5 heteroatoms. The standard InChI is InChI=1S/C18H24N4O/c1-12(2)9-10-19-17(23)16-11-14(4)20-18(22-16)21-15-7-5-13(3)6-8-15/h5-8,11-12H,9-10H2,1-4H3,(H,19,23)(H,20,21,22). The Balaban J connectivity index is 2.08. The van der Waals surface area contributed by atoms with E-state index in [1.807, 2.05) is 38.1 Å². The van der Waals surface area contributed by atoms with Gasteiger partial charge in [-0.3, -0.25) is 4.79 Å². The number of nitrogens with zero attached hydrogens (tertiary/aromatic N) is 2. The van der Waals surface area contributed by atoms with Gasteiger partial charge in [-0.05, 0) is 44.4 Å². The summed E-state index contributed by atoms with van der Waals surface area (Å²) in [7, 11) is 0. The Hall–Kier alpha value is -2.43. The molecule has 1 amide bonds. The molecule has 2 rings (SSSR count). The van der Waals surface area contributed by atoms with Crippen LogP contribution in [0.1, 0.15) is 42.0 Å². The summed E-state index contributed by atoms with van der Waals surface area (Å²) in [4.78, 5) is 20.9. The molecule has 0 aliphatic rings. The van der Waals surface area contributed by atoms with Gasteiger partial charge in [-0.2, -0.15) is 0 Å². The fourth-order valence-electron chi connectivity index (χ4n) is 2.07. The molecule has 1 heterocycles. The Morgan fingerprint density at radius 1 is 1.13 bits per heavy atom. The maximum atomic E-state index is 12.2. The normalized spacial score (nSPS) is 10.7. The van der Waals surface area contributed by atoms with Gasteiger partial charge in [-0.25, -0.2) is 9.97 Å². The molecule has 0 saturated carbocycles. The maximum absolute atomic E-state index is 12.2. The summed E-state index contributed by atoms with van der Waals surface area (Å²) in [5.41, 5.74) is 3.22. The average Bonchev–Trinajstić information content (AvgIpc) is 2.48. The summed E-state index contributed by atoms with van der Waals surface area (Å²) in [5.74, 6) is 0.826. The molecular formula is C18H24N4O. The number of anilines is 2. The molecule has 23 heavy (non-hydrogen) atoms. The Kier molecular flexibility index (Phi) is 5.68. The third kappa shape index (κ3) is 5.36. The number of hydrogen-bond acceptors (Lipinski definition) is 4. The van der Waals surface area contributed by atoms with Gasteiger partial charge in [0, 0.05) is 17.9 Å². The Bertz CT molecular complexity index is 665. The van der Waals surface area contributed by atoms with Crippen molar-refractivity contribution < 1.29 is 4.79 Å².